The van der Waals surface area contributed by atoms with Gasteiger partial charge in [0.1, 0.15) is 0 Å². The first kappa shape index (κ1) is 16.9. The third kappa shape index (κ3) is 2.56. The van der Waals surface area contributed by atoms with Crippen LogP contribution in [0.25, 0.3) is 10.2 Å². The van der Waals surface area contributed by atoms with Crippen LogP contribution in [0.4, 0.5) is 5.69 Å². The molecule has 1 atom stereocenters. The SMILES string of the molecule is Cc1nc2cc(NC(=O)C3CC4c5ccccc5C3c3ccccc34)ccc2s1. The van der Waals surface area contributed by atoms with E-state index in [-0.39, 0.29) is 17.7 Å². The van der Waals surface area contributed by atoms with Crippen molar-refractivity contribution >= 4 is 33.1 Å². The van der Waals surface area contributed by atoms with Crippen LogP contribution in [0.15, 0.2) is 66.7 Å². The molecule has 1 aromatic heterocycles. The molecule has 4 aromatic rings. The van der Waals surface area contributed by atoms with Crippen molar-refractivity contribution in [1.29, 1.82) is 0 Å². The molecule has 0 radical (unpaired) electrons. The van der Waals surface area contributed by atoms with Gasteiger partial charge in [0.05, 0.1) is 21.1 Å². The summed E-state index contributed by atoms with van der Waals surface area (Å²) in [5.41, 5.74) is 7.18. The number of hydrogen-bond acceptors (Lipinski definition) is 3. The number of amides is 1. The van der Waals surface area contributed by atoms with E-state index < -0.39 is 0 Å². The minimum absolute atomic E-state index is 0.0577. The van der Waals surface area contributed by atoms with Gasteiger partial charge in [0.25, 0.3) is 0 Å². The molecule has 0 spiro atoms. The molecule has 0 saturated carbocycles. The number of anilines is 1. The highest BCUT2D eigenvalue weighted by molar-refractivity contribution is 7.18. The molecule has 0 aliphatic heterocycles. The van der Waals surface area contributed by atoms with Gasteiger partial charge >= 0.3 is 0 Å². The molecule has 142 valence electrons. The van der Waals surface area contributed by atoms with Crippen LogP contribution < -0.4 is 5.32 Å². The lowest BCUT2D eigenvalue weighted by Gasteiger charge is -2.44. The van der Waals surface area contributed by atoms with E-state index in [1.807, 2.05) is 25.1 Å². The summed E-state index contributed by atoms with van der Waals surface area (Å²) >= 11 is 1.68. The van der Waals surface area contributed by atoms with Gasteiger partial charge < -0.3 is 5.32 Å². The van der Waals surface area contributed by atoms with Gasteiger partial charge in [0.15, 0.2) is 0 Å². The Kier molecular flexibility index (Phi) is 3.65. The van der Waals surface area contributed by atoms with Crippen LogP contribution in [0.5, 0.6) is 0 Å². The lowest BCUT2D eigenvalue weighted by atomic mass is 9.59. The molecule has 1 amide bonds. The topological polar surface area (TPSA) is 42.0 Å². The molecular weight excluding hydrogens is 376 g/mol. The zero-order valence-electron chi connectivity index (χ0n) is 16.1. The van der Waals surface area contributed by atoms with E-state index in [9.17, 15) is 4.79 Å². The van der Waals surface area contributed by atoms with E-state index in [1.165, 1.54) is 22.3 Å². The number of carbonyl (C=O) groups is 1. The third-order valence-corrected chi connectivity index (χ3v) is 7.36. The van der Waals surface area contributed by atoms with Gasteiger partial charge in [-0.25, -0.2) is 4.98 Å². The van der Waals surface area contributed by atoms with Crippen LogP contribution in [0.1, 0.15) is 45.5 Å². The number of rotatable bonds is 2. The molecule has 2 bridgehead atoms. The van der Waals surface area contributed by atoms with Gasteiger partial charge in [0.2, 0.25) is 5.91 Å². The van der Waals surface area contributed by atoms with Crippen molar-refractivity contribution in [1.82, 2.24) is 4.98 Å². The van der Waals surface area contributed by atoms with E-state index in [1.54, 1.807) is 11.3 Å². The van der Waals surface area contributed by atoms with Gasteiger partial charge in [0, 0.05) is 17.5 Å². The highest BCUT2D eigenvalue weighted by atomic mass is 32.1. The van der Waals surface area contributed by atoms with E-state index in [0.717, 1.165) is 27.3 Å². The smallest absolute Gasteiger partial charge is 0.228 e. The lowest BCUT2D eigenvalue weighted by molar-refractivity contribution is -0.121. The Hall–Kier alpha value is -2.98. The normalized spacial score (nSPS) is 21.6. The predicted octanol–water partition coefficient (Wildman–Crippen LogP) is 5.84. The van der Waals surface area contributed by atoms with Crippen LogP contribution in [0, 0.1) is 12.8 Å². The Bertz CT molecular complexity index is 1230. The second kappa shape index (κ2) is 6.26. The van der Waals surface area contributed by atoms with Crippen LogP contribution in [0.2, 0.25) is 0 Å². The zero-order valence-corrected chi connectivity index (χ0v) is 16.9. The molecule has 3 aliphatic rings. The molecule has 0 saturated heterocycles. The Balaban J connectivity index is 1.37. The molecule has 29 heavy (non-hydrogen) atoms. The summed E-state index contributed by atoms with van der Waals surface area (Å²) in [6.45, 7) is 2.01. The summed E-state index contributed by atoms with van der Waals surface area (Å²) in [4.78, 5) is 17.9. The molecule has 1 N–H and O–H groups in total. The Labute approximate surface area is 173 Å². The summed E-state index contributed by atoms with van der Waals surface area (Å²) in [6.07, 6.45) is 0.864. The molecule has 3 aromatic carbocycles. The van der Waals surface area contributed by atoms with Gasteiger partial charge in [-0.15, -0.1) is 11.3 Å². The van der Waals surface area contributed by atoms with Gasteiger partial charge in [-0.2, -0.15) is 0 Å². The Morgan fingerprint density at radius 1 is 0.966 bits per heavy atom. The Morgan fingerprint density at radius 2 is 1.62 bits per heavy atom. The monoisotopic (exact) mass is 396 g/mol. The van der Waals surface area contributed by atoms with Crippen LogP contribution in [-0.2, 0) is 4.79 Å². The number of benzene rings is 3. The number of carbonyl (C=O) groups excluding carboxylic acids is 1. The number of nitrogens with zero attached hydrogens (tertiary/aromatic N) is 1. The average molecular weight is 397 g/mol. The molecule has 0 fully saturated rings. The first-order valence-corrected chi connectivity index (χ1v) is 10.9. The van der Waals surface area contributed by atoms with E-state index in [2.05, 4.69) is 58.8 Å². The van der Waals surface area contributed by atoms with Crippen molar-refractivity contribution in [2.75, 3.05) is 5.32 Å². The third-order valence-electron chi connectivity index (χ3n) is 6.40. The van der Waals surface area contributed by atoms with Crippen LogP contribution >= 0.6 is 11.3 Å². The molecule has 1 heterocycles. The van der Waals surface area contributed by atoms with Crippen molar-refractivity contribution in [3.05, 3.63) is 94.0 Å². The van der Waals surface area contributed by atoms with Crippen molar-refractivity contribution in [3.8, 4) is 0 Å². The Morgan fingerprint density at radius 3 is 2.31 bits per heavy atom. The quantitative estimate of drug-likeness (QED) is 0.462. The highest BCUT2D eigenvalue weighted by Gasteiger charge is 2.45. The highest BCUT2D eigenvalue weighted by Crippen LogP contribution is 2.55. The average Bonchev–Trinajstić information content (AvgIpc) is 3.13. The largest absolute Gasteiger partial charge is 0.326 e. The molecule has 1 unspecified atom stereocenters. The first-order chi connectivity index (χ1) is 14.2. The second-order valence-electron chi connectivity index (χ2n) is 8.03. The molecule has 4 heteroatoms. The van der Waals surface area contributed by atoms with Crippen LogP contribution in [0.3, 0.4) is 0 Å². The molecule has 7 rings (SSSR count). The molecule has 3 nitrogen and oxygen atoms in total. The van der Waals surface area contributed by atoms with E-state index in [4.69, 9.17) is 0 Å². The lowest BCUT2D eigenvalue weighted by Crippen LogP contribution is -2.38. The van der Waals surface area contributed by atoms with Gasteiger partial charge in [-0.05, 0) is 53.8 Å². The summed E-state index contributed by atoms with van der Waals surface area (Å²) in [6, 6.07) is 23.3. The van der Waals surface area contributed by atoms with E-state index >= 15 is 0 Å². The minimum atomic E-state index is -0.0577. The van der Waals surface area contributed by atoms with E-state index in [0.29, 0.717) is 5.92 Å². The van der Waals surface area contributed by atoms with Crippen molar-refractivity contribution in [2.45, 2.75) is 25.2 Å². The summed E-state index contributed by atoms with van der Waals surface area (Å²) in [5, 5.41) is 4.23. The predicted molar refractivity (Wildman–Crippen MR) is 118 cm³/mol. The zero-order chi connectivity index (χ0) is 19.5. The number of aryl methyl sites for hydroxylation is 1. The number of fused-ring (bicyclic) bond motifs is 2. The van der Waals surface area contributed by atoms with Gasteiger partial charge in [-0.3, -0.25) is 4.79 Å². The fourth-order valence-electron chi connectivity index (χ4n) is 5.25. The fraction of sp³-hybridized carbons (Fsp3) is 0.200. The van der Waals surface area contributed by atoms with Crippen LogP contribution in [-0.4, -0.2) is 10.9 Å². The number of thiazole rings is 1. The summed E-state index contributed by atoms with van der Waals surface area (Å²) in [5.74, 6) is 0.470. The standard InChI is InChI=1S/C25H20N2OS/c1-14-26-22-12-15(10-11-23(22)29-14)27-25(28)21-13-20-16-6-2-4-8-18(16)24(21)19-9-5-3-7-17(19)20/h2-12,20-21,24H,13H2,1H3,(H,27,28). The minimum Gasteiger partial charge on any atom is -0.326 e. The summed E-state index contributed by atoms with van der Waals surface area (Å²) in [7, 11) is 0. The fourth-order valence-corrected chi connectivity index (χ4v) is 6.06. The van der Waals surface area contributed by atoms with Crippen molar-refractivity contribution in [2.24, 2.45) is 5.92 Å². The number of aromatic nitrogens is 1. The number of hydrogen-bond donors (Lipinski definition) is 1. The maximum atomic E-state index is 13.4. The maximum absolute atomic E-state index is 13.4. The summed E-state index contributed by atoms with van der Waals surface area (Å²) < 4.78 is 1.15. The first-order valence-electron chi connectivity index (χ1n) is 10.0. The maximum Gasteiger partial charge on any atom is 0.228 e. The van der Waals surface area contributed by atoms with Crippen molar-refractivity contribution in [3.63, 3.8) is 0 Å². The second-order valence-corrected chi connectivity index (χ2v) is 9.27. The van der Waals surface area contributed by atoms with Crippen molar-refractivity contribution < 1.29 is 4.79 Å². The molecular formula is C25H20N2OS. The number of nitrogens with one attached hydrogen (secondary N) is 1. The van der Waals surface area contributed by atoms with Gasteiger partial charge in [-0.1, -0.05) is 48.5 Å². The molecule has 3 aliphatic carbocycles.